The monoisotopic (exact) mass is 274 g/mol. The van der Waals surface area contributed by atoms with Crippen molar-refractivity contribution in [1.82, 2.24) is 19.7 Å². The molecule has 0 aliphatic heterocycles. The van der Waals surface area contributed by atoms with Crippen molar-refractivity contribution in [1.29, 1.82) is 0 Å². The normalized spacial score (nSPS) is 10.2. The molecule has 0 unspecified atom stereocenters. The first-order valence-corrected chi connectivity index (χ1v) is 6.34. The Morgan fingerprint density at radius 3 is 2.70 bits per heavy atom. The fourth-order valence-electron chi connectivity index (χ4n) is 1.88. The van der Waals surface area contributed by atoms with Crippen LogP contribution in [0.3, 0.4) is 0 Å². The predicted octanol–water partition coefficient (Wildman–Crippen LogP) is 2.58. The van der Waals surface area contributed by atoms with Crippen molar-refractivity contribution >= 4 is 10.9 Å². The fraction of sp³-hybridized carbons (Fsp3) is 0.214. The summed E-state index contributed by atoms with van der Waals surface area (Å²) in [6.45, 7) is 5.73. The molecule has 5 nitrogen and oxygen atoms in total. The molecule has 1 aromatic carbocycles. The van der Waals surface area contributed by atoms with Gasteiger partial charge in [0.25, 0.3) is 5.56 Å². The number of nitrogens with zero attached hydrogens (tertiary/aromatic N) is 3. The number of halogens is 1. The van der Waals surface area contributed by atoms with Crippen molar-refractivity contribution in [2.45, 2.75) is 20.8 Å². The molecule has 0 aliphatic rings. The summed E-state index contributed by atoms with van der Waals surface area (Å²) in [4.78, 5) is 16.2. The first kappa shape index (κ1) is 13.9. The number of H-pyrrole nitrogens is 1. The average molecular weight is 274 g/mol. The first-order chi connectivity index (χ1) is 9.66. The molecule has 3 aromatic rings. The molecule has 3 rings (SSSR count). The van der Waals surface area contributed by atoms with E-state index in [1.54, 1.807) is 19.1 Å². The second-order valence-corrected chi connectivity index (χ2v) is 4.00. The molecule has 1 N–H and O–H groups in total. The Balaban J connectivity index is 0.000000704. The van der Waals surface area contributed by atoms with Crippen LogP contribution in [0.2, 0.25) is 0 Å². The number of aryl methyl sites for hydroxylation is 1. The summed E-state index contributed by atoms with van der Waals surface area (Å²) < 4.78 is 15.0. The van der Waals surface area contributed by atoms with Gasteiger partial charge in [-0.1, -0.05) is 13.8 Å². The number of hydrogen-bond acceptors (Lipinski definition) is 3. The molecule has 0 spiro atoms. The lowest BCUT2D eigenvalue weighted by Crippen LogP contribution is -2.19. The van der Waals surface area contributed by atoms with E-state index in [-0.39, 0.29) is 16.5 Å². The molecular formula is C14H15FN4O. The van der Waals surface area contributed by atoms with Crippen molar-refractivity contribution in [3.63, 3.8) is 0 Å². The van der Waals surface area contributed by atoms with Crippen molar-refractivity contribution in [3.8, 4) is 5.82 Å². The summed E-state index contributed by atoms with van der Waals surface area (Å²) in [6.07, 6.45) is 2.82. The highest BCUT2D eigenvalue weighted by molar-refractivity contribution is 5.79. The smallest absolute Gasteiger partial charge is 0.267 e. The van der Waals surface area contributed by atoms with Gasteiger partial charge in [0.1, 0.15) is 23.5 Å². The summed E-state index contributed by atoms with van der Waals surface area (Å²) in [5.74, 6) is 0.00942. The highest BCUT2D eigenvalue weighted by Gasteiger charge is 2.10. The van der Waals surface area contributed by atoms with Crippen molar-refractivity contribution in [2.24, 2.45) is 0 Å². The van der Waals surface area contributed by atoms with E-state index in [1.807, 2.05) is 13.8 Å². The van der Waals surface area contributed by atoms with E-state index in [4.69, 9.17) is 0 Å². The van der Waals surface area contributed by atoms with E-state index >= 15 is 0 Å². The van der Waals surface area contributed by atoms with Crippen LogP contribution in [-0.2, 0) is 0 Å². The first-order valence-electron chi connectivity index (χ1n) is 6.34. The van der Waals surface area contributed by atoms with Crippen LogP contribution in [0.1, 0.15) is 19.4 Å². The third-order valence-electron chi connectivity index (χ3n) is 2.70. The summed E-state index contributed by atoms with van der Waals surface area (Å²) in [5.41, 5.74) is 0.439. The Hall–Kier alpha value is -2.50. The Morgan fingerprint density at radius 1 is 1.30 bits per heavy atom. The van der Waals surface area contributed by atoms with Crippen LogP contribution in [0.15, 0.2) is 35.5 Å². The SMILES string of the molecule is CC.Cc1cc(F)c2ncn(-c3ccn[nH]3)c(=O)c2c1. The molecule has 0 fully saturated rings. The zero-order chi connectivity index (χ0) is 14.7. The van der Waals surface area contributed by atoms with E-state index < -0.39 is 5.82 Å². The maximum atomic E-state index is 13.7. The third-order valence-corrected chi connectivity index (χ3v) is 2.70. The molecular weight excluding hydrogens is 259 g/mol. The van der Waals surface area contributed by atoms with Gasteiger partial charge in [-0.2, -0.15) is 5.10 Å². The molecule has 20 heavy (non-hydrogen) atoms. The van der Waals surface area contributed by atoms with Gasteiger partial charge in [-0.15, -0.1) is 0 Å². The number of benzene rings is 1. The summed E-state index contributed by atoms with van der Waals surface area (Å²) in [5, 5.41) is 6.69. The Kier molecular flexibility index (Phi) is 3.93. The topological polar surface area (TPSA) is 63.6 Å². The van der Waals surface area contributed by atoms with Gasteiger partial charge in [-0.05, 0) is 24.6 Å². The van der Waals surface area contributed by atoms with Crippen LogP contribution in [0.25, 0.3) is 16.7 Å². The zero-order valence-electron chi connectivity index (χ0n) is 11.5. The van der Waals surface area contributed by atoms with Crippen LogP contribution in [0.4, 0.5) is 4.39 Å². The molecule has 0 bridgehead atoms. The maximum absolute atomic E-state index is 13.7. The molecule has 0 aliphatic carbocycles. The largest absolute Gasteiger partial charge is 0.268 e. The molecule has 0 radical (unpaired) electrons. The lowest BCUT2D eigenvalue weighted by molar-refractivity contribution is 0.634. The van der Waals surface area contributed by atoms with Crippen LogP contribution in [0, 0.1) is 12.7 Å². The predicted molar refractivity (Wildman–Crippen MR) is 75.5 cm³/mol. The standard InChI is InChI=1S/C12H9FN4O.C2H6/c1-7-4-8-11(9(13)5-7)14-6-17(12(8)18)10-2-3-15-16-10;1-2/h2-6H,1H3,(H,15,16);1-2H3. The van der Waals surface area contributed by atoms with Gasteiger partial charge in [0.05, 0.1) is 11.6 Å². The molecule has 0 saturated carbocycles. The second kappa shape index (κ2) is 5.64. The van der Waals surface area contributed by atoms with Gasteiger partial charge in [0.15, 0.2) is 0 Å². The highest BCUT2D eigenvalue weighted by atomic mass is 19.1. The van der Waals surface area contributed by atoms with Crippen LogP contribution in [-0.4, -0.2) is 19.7 Å². The maximum Gasteiger partial charge on any atom is 0.267 e. The van der Waals surface area contributed by atoms with E-state index in [0.29, 0.717) is 11.4 Å². The van der Waals surface area contributed by atoms with Gasteiger partial charge in [0.2, 0.25) is 0 Å². The summed E-state index contributed by atoms with van der Waals surface area (Å²) in [6, 6.07) is 4.62. The highest BCUT2D eigenvalue weighted by Crippen LogP contribution is 2.14. The Morgan fingerprint density at radius 2 is 2.05 bits per heavy atom. The van der Waals surface area contributed by atoms with Gasteiger partial charge >= 0.3 is 0 Å². The van der Waals surface area contributed by atoms with Gasteiger partial charge in [-0.25, -0.2) is 9.37 Å². The molecule has 104 valence electrons. The van der Waals surface area contributed by atoms with E-state index in [0.717, 1.165) is 0 Å². The minimum Gasteiger partial charge on any atom is -0.268 e. The number of rotatable bonds is 1. The number of hydrogen-bond donors (Lipinski definition) is 1. The summed E-state index contributed by atoms with van der Waals surface area (Å²) >= 11 is 0. The minimum atomic E-state index is -0.487. The lowest BCUT2D eigenvalue weighted by Gasteiger charge is -2.05. The zero-order valence-corrected chi connectivity index (χ0v) is 11.5. The van der Waals surface area contributed by atoms with Crippen molar-refractivity contribution in [3.05, 3.63) is 52.5 Å². The van der Waals surface area contributed by atoms with E-state index in [1.165, 1.54) is 23.2 Å². The average Bonchev–Trinajstić information content (AvgIpc) is 2.96. The number of aromatic nitrogens is 4. The Labute approximate surface area is 115 Å². The van der Waals surface area contributed by atoms with Gasteiger partial charge in [0, 0.05) is 6.07 Å². The lowest BCUT2D eigenvalue weighted by atomic mass is 10.1. The van der Waals surface area contributed by atoms with Crippen LogP contribution in [0.5, 0.6) is 0 Å². The van der Waals surface area contributed by atoms with Crippen LogP contribution < -0.4 is 5.56 Å². The Bertz CT molecular complexity index is 778. The molecule has 0 saturated heterocycles. The van der Waals surface area contributed by atoms with Gasteiger partial charge < -0.3 is 0 Å². The van der Waals surface area contributed by atoms with Gasteiger partial charge in [-0.3, -0.25) is 14.5 Å². The van der Waals surface area contributed by atoms with E-state index in [9.17, 15) is 9.18 Å². The van der Waals surface area contributed by atoms with Crippen LogP contribution >= 0.6 is 0 Å². The summed E-state index contributed by atoms with van der Waals surface area (Å²) in [7, 11) is 0. The fourth-order valence-corrected chi connectivity index (χ4v) is 1.88. The molecule has 2 aromatic heterocycles. The number of fused-ring (bicyclic) bond motifs is 1. The molecule has 0 atom stereocenters. The quantitative estimate of drug-likeness (QED) is 0.741. The molecule has 0 amide bonds. The van der Waals surface area contributed by atoms with Crippen molar-refractivity contribution in [2.75, 3.05) is 0 Å². The third kappa shape index (κ3) is 2.32. The van der Waals surface area contributed by atoms with E-state index in [2.05, 4.69) is 15.2 Å². The van der Waals surface area contributed by atoms with Crippen molar-refractivity contribution < 1.29 is 4.39 Å². The minimum absolute atomic E-state index is 0.0846. The second-order valence-electron chi connectivity index (χ2n) is 4.00. The molecule has 2 heterocycles. The number of nitrogens with one attached hydrogen (secondary N) is 1. The molecule has 6 heteroatoms. The number of aromatic amines is 1.